The normalized spacial score (nSPS) is 16.6. The molecular formula is C25H26N2O4S. The third kappa shape index (κ3) is 4.21. The van der Waals surface area contributed by atoms with Gasteiger partial charge in [-0.15, -0.1) is 0 Å². The van der Waals surface area contributed by atoms with Crippen molar-refractivity contribution in [3.05, 3.63) is 89.5 Å². The summed E-state index contributed by atoms with van der Waals surface area (Å²) < 4.78 is 34.0. The van der Waals surface area contributed by atoms with Gasteiger partial charge in [0.05, 0.1) is 23.2 Å². The standard InChI is InChI=1S/C25H26N2O4S/c1-17-13-14-18(2)21(15-17)19(3)26-25(28)24-16-27(22-11-7-8-12-23(22)31-24)32(29,30)20-9-5-4-6-10-20/h4-15,19,24H,16H2,1-3H3,(H,26,28). The minimum absolute atomic E-state index is 0.112. The fourth-order valence-electron chi connectivity index (χ4n) is 3.90. The van der Waals surface area contributed by atoms with Gasteiger partial charge >= 0.3 is 0 Å². The zero-order valence-electron chi connectivity index (χ0n) is 18.3. The predicted molar refractivity (Wildman–Crippen MR) is 124 cm³/mol. The van der Waals surface area contributed by atoms with E-state index in [1.165, 1.54) is 4.31 Å². The quantitative estimate of drug-likeness (QED) is 0.634. The van der Waals surface area contributed by atoms with Crippen molar-refractivity contribution in [1.29, 1.82) is 0 Å². The number of ether oxygens (including phenoxy) is 1. The molecule has 7 heteroatoms. The Bertz CT molecular complexity index is 1240. The van der Waals surface area contributed by atoms with E-state index in [4.69, 9.17) is 4.74 Å². The molecule has 0 spiro atoms. The number of hydrogen-bond donors (Lipinski definition) is 1. The number of sulfonamides is 1. The Balaban J connectivity index is 1.62. The number of anilines is 1. The van der Waals surface area contributed by atoms with Crippen LogP contribution >= 0.6 is 0 Å². The van der Waals surface area contributed by atoms with Crippen molar-refractivity contribution in [2.45, 2.75) is 37.8 Å². The molecule has 0 aliphatic carbocycles. The minimum atomic E-state index is -3.86. The molecule has 3 aromatic rings. The van der Waals surface area contributed by atoms with Crippen LogP contribution in [0.15, 0.2) is 77.7 Å². The fourth-order valence-corrected chi connectivity index (χ4v) is 5.39. The van der Waals surface area contributed by atoms with Gasteiger partial charge in [0.1, 0.15) is 5.75 Å². The van der Waals surface area contributed by atoms with E-state index >= 15 is 0 Å². The molecule has 0 fully saturated rings. The second-order valence-corrected chi connectivity index (χ2v) is 9.88. The lowest BCUT2D eigenvalue weighted by Crippen LogP contribution is -2.51. The third-order valence-corrected chi connectivity index (χ3v) is 7.41. The van der Waals surface area contributed by atoms with Crippen LogP contribution in [0.3, 0.4) is 0 Å². The first-order valence-electron chi connectivity index (χ1n) is 10.5. The molecule has 32 heavy (non-hydrogen) atoms. The van der Waals surface area contributed by atoms with E-state index in [-0.39, 0.29) is 23.4 Å². The first-order chi connectivity index (χ1) is 15.3. The van der Waals surface area contributed by atoms with E-state index in [9.17, 15) is 13.2 Å². The highest BCUT2D eigenvalue weighted by molar-refractivity contribution is 7.92. The topological polar surface area (TPSA) is 75.7 Å². The van der Waals surface area contributed by atoms with Gasteiger partial charge in [-0.3, -0.25) is 9.10 Å². The van der Waals surface area contributed by atoms with E-state index in [0.29, 0.717) is 11.4 Å². The highest BCUT2D eigenvalue weighted by Gasteiger charge is 2.37. The Hall–Kier alpha value is -3.32. The van der Waals surface area contributed by atoms with Crippen molar-refractivity contribution in [2.24, 2.45) is 0 Å². The summed E-state index contributed by atoms with van der Waals surface area (Å²) in [6, 6.07) is 20.9. The van der Waals surface area contributed by atoms with Crippen LogP contribution in [0.4, 0.5) is 5.69 Å². The van der Waals surface area contributed by atoms with E-state index in [0.717, 1.165) is 16.7 Å². The monoisotopic (exact) mass is 450 g/mol. The molecule has 1 heterocycles. The van der Waals surface area contributed by atoms with Gasteiger partial charge in [0.2, 0.25) is 0 Å². The van der Waals surface area contributed by atoms with Crippen LogP contribution in [0.1, 0.15) is 29.7 Å². The van der Waals surface area contributed by atoms with Crippen LogP contribution < -0.4 is 14.4 Å². The van der Waals surface area contributed by atoms with Crippen molar-refractivity contribution in [1.82, 2.24) is 5.32 Å². The van der Waals surface area contributed by atoms with Gasteiger partial charge in [-0.2, -0.15) is 0 Å². The molecule has 3 aromatic carbocycles. The molecule has 6 nitrogen and oxygen atoms in total. The van der Waals surface area contributed by atoms with E-state index in [1.54, 1.807) is 54.6 Å². The lowest BCUT2D eigenvalue weighted by Gasteiger charge is -2.35. The van der Waals surface area contributed by atoms with E-state index < -0.39 is 16.1 Å². The lowest BCUT2D eigenvalue weighted by molar-refractivity contribution is -0.128. The highest BCUT2D eigenvalue weighted by atomic mass is 32.2. The number of hydrogen-bond acceptors (Lipinski definition) is 4. The summed E-state index contributed by atoms with van der Waals surface area (Å²) in [4.78, 5) is 13.3. The van der Waals surface area contributed by atoms with Gasteiger partial charge in [-0.1, -0.05) is 54.1 Å². The Labute approximate surface area is 188 Å². The number of rotatable bonds is 5. The number of aryl methyl sites for hydroxylation is 2. The Morgan fingerprint density at radius 1 is 1.03 bits per heavy atom. The average Bonchev–Trinajstić information content (AvgIpc) is 2.80. The lowest BCUT2D eigenvalue weighted by atomic mass is 10.00. The number of carbonyl (C=O) groups is 1. The van der Waals surface area contributed by atoms with Gasteiger partial charge in [0.15, 0.2) is 6.10 Å². The Kier molecular flexibility index (Phi) is 5.93. The number of nitrogens with one attached hydrogen (secondary N) is 1. The van der Waals surface area contributed by atoms with Gasteiger partial charge in [0.25, 0.3) is 15.9 Å². The fraction of sp³-hybridized carbons (Fsp3) is 0.240. The smallest absolute Gasteiger partial charge is 0.264 e. The summed E-state index contributed by atoms with van der Waals surface area (Å²) in [5.74, 6) is -0.000957. The number of carbonyl (C=O) groups excluding carboxylic acids is 1. The molecule has 0 saturated heterocycles. The zero-order valence-corrected chi connectivity index (χ0v) is 19.1. The van der Waals surface area contributed by atoms with Crippen LogP contribution in [0, 0.1) is 13.8 Å². The number of fused-ring (bicyclic) bond motifs is 1. The maximum atomic E-state index is 13.4. The number of nitrogens with zero attached hydrogens (tertiary/aromatic N) is 1. The van der Waals surface area contributed by atoms with Crippen molar-refractivity contribution < 1.29 is 17.9 Å². The van der Waals surface area contributed by atoms with Gasteiger partial charge in [-0.05, 0) is 56.2 Å². The summed E-state index contributed by atoms with van der Waals surface area (Å²) in [6.07, 6.45) is -0.976. The van der Waals surface area contributed by atoms with Crippen LogP contribution in [0.25, 0.3) is 0 Å². The number of benzene rings is 3. The number of amides is 1. The van der Waals surface area contributed by atoms with Crippen LogP contribution in [-0.4, -0.2) is 27.0 Å². The molecule has 2 unspecified atom stereocenters. The van der Waals surface area contributed by atoms with Gasteiger partial charge in [0, 0.05) is 0 Å². The first kappa shape index (κ1) is 21.9. The molecule has 1 aliphatic heterocycles. The minimum Gasteiger partial charge on any atom is -0.476 e. The molecule has 0 radical (unpaired) electrons. The number of para-hydroxylation sites is 2. The SMILES string of the molecule is Cc1ccc(C)c(C(C)NC(=O)C2CN(S(=O)(=O)c3ccccc3)c3ccccc3O2)c1. The van der Waals surface area contributed by atoms with Crippen molar-refractivity contribution in [2.75, 3.05) is 10.8 Å². The molecule has 166 valence electrons. The third-order valence-electron chi connectivity index (χ3n) is 5.62. The van der Waals surface area contributed by atoms with Gasteiger partial charge in [-0.25, -0.2) is 8.42 Å². The van der Waals surface area contributed by atoms with Crippen LogP contribution in [-0.2, 0) is 14.8 Å². The molecule has 4 rings (SSSR count). The van der Waals surface area contributed by atoms with E-state index in [2.05, 4.69) is 5.32 Å². The molecule has 1 amide bonds. The second kappa shape index (κ2) is 8.67. The molecular weight excluding hydrogens is 424 g/mol. The van der Waals surface area contributed by atoms with E-state index in [1.807, 2.05) is 39.0 Å². The predicted octanol–water partition coefficient (Wildman–Crippen LogP) is 4.14. The molecule has 0 saturated carbocycles. The molecule has 2 atom stereocenters. The van der Waals surface area contributed by atoms with Crippen molar-refractivity contribution >= 4 is 21.6 Å². The molecule has 0 aromatic heterocycles. The molecule has 1 aliphatic rings. The Morgan fingerprint density at radius 2 is 1.72 bits per heavy atom. The Morgan fingerprint density at radius 3 is 2.47 bits per heavy atom. The summed E-state index contributed by atoms with van der Waals surface area (Å²) in [5.41, 5.74) is 3.62. The van der Waals surface area contributed by atoms with Crippen molar-refractivity contribution in [3.63, 3.8) is 0 Å². The summed E-state index contributed by atoms with van der Waals surface area (Å²) >= 11 is 0. The summed E-state index contributed by atoms with van der Waals surface area (Å²) in [5, 5.41) is 2.99. The highest BCUT2D eigenvalue weighted by Crippen LogP contribution is 2.37. The molecule has 0 bridgehead atoms. The maximum Gasteiger partial charge on any atom is 0.264 e. The summed E-state index contributed by atoms with van der Waals surface area (Å²) in [6.45, 7) is 5.80. The zero-order chi connectivity index (χ0) is 22.9. The van der Waals surface area contributed by atoms with Crippen LogP contribution in [0.5, 0.6) is 5.75 Å². The maximum absolute atomic E-state index is 13.4. The average molecular weight is 451 g/mol. The summed E-state index contributed by atoms with van der Waals surface area (Å²) in [7, 11) is -3.86. The molecule has 1 N–H and O–H groups in total. The van der Waals surface area contributed by atoms with Crippen molar-refractivity contribution in [3.8, 4) is 5.75 Å². The second-order valence-electron chi connectivity index (χ2n) is 8.01. The largest absolute Gasteiger partial charge is 0.476 e. The van der Waals surface area contributed by atoms with Gasteiger partial charge < -0.3 is 10.1 Å². The van der Waals surface area contributed by atoms with Crippen LogP contribution in [0.2, 0.25) is 0 Å². The first-order valence-corrected chi connectivity index (χ1v) is 11.9.